The molecule has 0 N–H and O–H groups in total. The molecule has 8 heteroatoms. The summed E-state index contributed by atoms with van der Waals surface area (Å²) in [7, 11) is 1.53. The number of para-hydroxylation sites is 1. The van der Waals surface area contributed by atoms with Gasteiger partial charge in [-0.15, -0.1) is 23.5 Å². The van der Waals surface area contributed by atoms with E-state index in [0.29, 0.717) is 16.1 Å². The van der Waals surface area contributed by atoms with E-state index in [0.717, 1.165) is 17.1 Å². The number of carbonyl (C=O) groups is 2. The summed E-state index contributed by atoms with van der Waals surface area (Å²) in [5, 5.41) is 0. The Hall–Kier alpha value is -2.19. The molecular formula is C21H20FNO4S2. The van der Waals surface area contributed by atoms with E-state index in [9.17, 15) is 14.0 Å². The third kappa shape index (κ3) is 4.23. The Balaban J connectivity index is 1.47. The van der Waals surface area contributed by atoms with Crippen molar-refractivity contribution in [3.8, 4) is 11.5 Å². The van der Waals surface area contributed by atoms with E-state index in [2.05, 4.69) is 0 Å². The topological polar surface area (TPSA) is 55.8 Å². The maximum absolute atomic E-state index is 14.0. The van der Waals surface area contributed by atoms with E-state index < -0.39 is 17.7 Å². The van der Waals surface area contributed by atoms with Crippen molar-refractivity contribution in [2.75, 3.05) is 30.1 Å². The molecule has 1 amide bonds. The molecule has 0 spiro atoms. The first kappa shape index (κ1) is 20.1. The number of anilines is 1. The summed E-state index contributed by atoms with van der Waals surface area (Å²) in [6.45, 7) is 0.0916. The quantitative estimate of drug-likeness (QED) is 0.519. The van der Waals surface area contributed by atoms with Crippen molar-refractivity contribution in [2.24, 2.45) is 5.92 Å². The van der Waals surface area contributed by atoms with E-state index in [4.69, 9.17) is 9.47 Å². The molecule has 2 heterocycles. The van der Waals surface area contributed by atoms with E-state index in [1.165, 1.54) is 24.1 Å². The number of benzene rings is 2. The first-order valence-electron chi connectivity index (χ1n) is 9.24. The Morgan fingerprint density at radius 1 is 1.14 bits per heavy atom. The molecule has 29 heavy (non-hydrogen) atoms. The fourth-order valence-electron chi connectivity index (χ4n) is 3.43. The number of halogens is 1. The van der Waals surface area contributed by atoms with Gasteiger partial charge in [0.2, 0.25) is 5.91 Å². The highest BCUT2D eigenvalue weighted by Gasteiger charge is 2.37. The molecule has 1 atom stereocenters. The number of methoxy groups -OCH3 is 1. The molecule has 2 aliphatic heterocycles. The van der Waals surface area contributed by atoms with Crippen LogP contribution >= 0.6 is 23.5 Å². The van der Waals surface area contributed by atoms with Crippen LogP contribution in [-0.2, 0) is 9.59 Å². The van der Waals surface area contributed by atoms with Crippen molar-refractivity contribution in [1.82, 2.24) is 0 Å². The Kier molecular flexibility index (Phi) is 6.01. The van der Waals surface area contributed by atoms with Gasteiger partial charge in [0.25, 0.3) is 0 Å². The van der Waals surface area contributed by atoms with Crippen molar-refractivity contribution >= 4 is 41.1 Å². The first-order valence-corrected chi connectivity index (χ1v) is 11.3. The van der Waals surface area contributed by atoms with Crippen molar-refractivity contribution in [1.29, 1.82) is 0 Å². The molecule has 4 rings (SSSR count). The van der Waals surface area contributed by atoms with E-state index >= 15 is 0 Å². The number of carbonyl (C=O) groups excluding carboxylic acids is 2. The van der Waals surface area contributed by atoms with Gasteiger partial charge in [-0.1, -0.05) is 18.2 Å². The fourth-order valence-corrected chi connectivity index (χ4v) is 6.26. The second-order valence-corrected chi connectivity index (χ2v) is 9.49. The Labute approximate surface area is 176 Å². The zero-order chi connectivity index (χ0) is 20.4. The van der Waals surface area contributed by atoms with Gasteiger partial charge in [0.15, 0.2) is 11.5 Å². The molecule has 0 aliphatic carbocycles. The summed E-state index contributed by atoms with van der Waals surface area (Å²) in [6.07, 6.45) is -0.0110. The average molecular weight is 434 g/mol. The zero-order valence-electron chi connectivity index (χ0n) is 15.8. The van der Waals surface area contributed by atoms with Gasteiger partial charge in [0.05, 0.1) is 23.3 Å². The van der Waals surface area contributed by atoms with Gasteiger partial charge >= 0.3 is 5.97 Å². The lowest BCUT2D eigenvalue weighted by Crippen LogP contribution is -2.28. The van der Waals surface area contributed by atoms with Gasteiger partial charge in [-0.2, -0.15) is 0 Å². The van der Waals surface area contributed by atoms with E-state index in [-0.39, 0.29) is 24.6 Å². The highest BCUT2D eigenvalue weighted by atomic mass is 32.2. The van der Waals surface area contributed by atoms with Crippen molar-refractivity contribution < 1.29 is 23.5 Å². The minimum absolute atomic E-state index is 0.0110. The lowest BCUT2D eigenvalue weighted by Gasteiger charge is -2.17. The van der Waals surface area contributed by atoms with Crippen molar-refractivity contribution in [3.05, 3.63) is 53.8 Å². The lowest BCUT2D eigenvalue weighted by atomic mass is 10.1. The molecule has 152 valence electrons. The largest absolute Gasteiger partial charge is 0.493 e. The Bertz CT molecular complexity index is 933. The van der Waals surface area contributed by atoms with E-state index in [1.807, 2.05) is 35.7 Å². The summed E-state index contributed by atoms with van der Waals surface area (Å²) in [5.41, 5.74) is 1.30. The third-order valence-corrected chi connectivity index (χ3v) is 8.00. The Morgan fingerprint density at radius 2 is 1.90 bits per heavy atom. The number of ether oxygens (including phenoxy) is 2. The molecule has 0 aromatic heterocycles. The summed E-state index contributed by atoms with van der Waals surface area (Å²) in [4.78, 5) is 26.3. The van der Waals surface area contributed by atoms with Crippen LogP contribution in [0.5, 0.6) is 11.5 Å². The first-order chi connectivity index (χ1) is 14.1. The highest BCUT2D eigenvalue weighted by Crippen LogP contribution is 2.47. The molecule has 0 saturated carbocycles. The molecule has 2 saturated heterocycles. The number of esters is 1. The molecule has 2 aromatic rings. The molecule has 0 radical (unpaired) electrons. The normalized spacial score (nSPS) is 19.6. The summed E-state index contributed by atoms with van der Waals surface area (Å²) < 4.78 is 25.3. The number of amides is 1. The maximum Gasteiger partial charge on any atom is 0.316 e. The zero-order valence-corrected chi connectivity index (χ0v) is 17.4. The number of hydrogen-bond donors (Lipinski definition) is 0. The Morgan fingerprint density at radius 3 is 2.62 bits per heavy atom. The van der Waals surface area contributed by atoms with Crippen LogP contribution < -0.4 is 14.4 Å². The second kappa shape index (κ2) is 8.67. The molecule has 5 nitrogen and oxygen atoms in total. The van der Waals surface area contributed by atoms with Crippen LogP contribution in [0.4, 0.5) is 10.1 Å². The van der Waals surface area contributed by atoms with Gasteiger partial charge in [-0.05, 0) is 29.8 Å². The van der Waals surface area contributed by atoms with Gasteiger partial charge < -0.3 is 14.4 Å². The molecule has 2 aromatic carbocycles. The summed E-state index contributed by atoms with van der Waals surface area (Å²) in [5.74, 6) is 1.07. The van der Waals surface area contributed by atoms with Crippen LogP contribution in [0.3, 0.4) is 0 Å². The van der Waals surface area contributed by atoms with Crippen LogP contribution in [0.1, 0.15) is 16.6 Å². The second-order valence-electron chi connectivity index (χ2n) is 6.76. The summed E-state index contributed by atoms with van der Waals surface area (Å²) in [6, 6.07) is 11.6. The van der Waals surface area contributed by atoms with Crippen LogP contribution in [-0.4, -0.2) is 37.0 Å². The van der Waals surface area contributed by atoms with Crippen molar-refractivity contribution in [3.63, 3.8) is 0 Å². The van der Waals surface area contributed by atoms with Crippen LogP contribution in [0.2, 0.25) is 0 Å². The monoisotopic (exact) mass is 433 g/mol. The summed E-state index contributed by atoms with van der Waals surface area (Å²) >= 11 is 3.76. The van der Waals surface area contributed by atoms with Crippen LogP contribution in [0, 0.1) is 11.7 Å². The predicted molar refractivity (Wildman–Crippen MR) is 113 cm³/mol. The number of nitrogens with zero attached hydrogens (tertiary/aromatic N) is 1. The van der Waals surface area contributed by atoms with Gasteiger partial charge in [-0.25, -0.2) is 4.39 Å². The van der Waals surface area contributed by atoms with Gasteiger partial charge in [-0.3, -0.25) is 9.59 Å². The number of rotatable bonds is 5. The molecule has 2 fully saturated rings. The fraction of sp³-hybridized carbons (Fsp3) is 0.333. The van der Waals surface area contributed by atoms with Gasteiger partial charge in [0.1, 0.15) is 5.82 Å². The molecule has 1 unspecified atom stereocenters. The van der Waals surface area contributed by atoms with Crippen molar-refractivity contribution in [2.45, 2.75) is 11.0 Å². The molecule has 0 bridgehead atoms. The highest BCUT2D eigenvalue weighted by molar-refractivity contribution is 8.19. The molecule has 2 aliphatic rings. The smallest absolute Gasteiger partial charge is 0.316 e. The SMILES string of the molecule is COc1cc(C2SCCS2)ccc1OC(=O)C1CC(=O)N(c2ccccc2F)C1. The van der Waals surface area contributed by atoms with Crippen LogP contribution in [0.15, 0.2) is 42.5 Å². The van der Waals surface area contributed by atoms with Crippen LogP contribution in [0.25, 0.3) is 0 Å². The number of thioether (sulfide) groups is 2. The lowest BCUT2D eigenvalue weighted by molar-refractivity contribution is -0.139. The third-order valence-electron chi connectivity index (χ3n) is 4.89. The average Bonchev–Trinajstić information content (AvgIpc) is 3.39. The van der Waals surface area contributed by atoms with Gasteiger partial charge in [0, 0.05) is 24.5 Å². The predicted octanol–water partition coefficient (Wildman–Crippen LogP) is 4.27. The number of hydrogen-bond acceptors (Lipinski definition) is 6. The minimum atomic E-state index is -0.660. The maximum atomic E-state index is 14.0. The van der Waals surface area contributed by atoms with E-state index in [1.54, 1.807) is 18.2 Å². The standard InChI is InChI=1S/C21H20FNO4S2/c1-26-18-10-13(21-28-8-9-29-21)6-7-17(18)27-20(25)14-11-19(24)23(12-14)16-5-3-2-4-15(16)22/h2-7,10,14,21H,8-9,11-12H2,1H3. The minimum Gasteiger partial charge on any atom is -0.493 e. The molecular weight excluding hydrogens is 413 g/mol.